The number of hydrogen-bond donors (Lipinski definition) is 2. The van der Waals surface area contributed by atoms with Gasteiger partial charge in [-0.3, -0.25) is 4.79 Å². The van der Waals surface area contributed by atoms with Crippen molar-refractivity contribution in [3.63, 3.8) is 0 Å². The second-order valence-electron chi connectivity index (χ2n) is 9.46. The van der Waals surface area contributed by atoms with Crippen molar-refractivity contribution in [1.82, 2.24) is 10.2 Å². The van der Waals surface area contributed by atoms with Gasteiger partial charge < -0.3 is 20.1 Å². The smallest absolute Gasteiger partial charge is 0.408 e. The molecule has 0 saturated carbocycles. The zero-order valence-electron chi connectivity index (χ0n) is 17.3. The number of carbonyl (C=O) groups is 3. The van der Waals surface area contributed by atoms with E-state index >= 15 is 0 Å². The molecule has 26 heavy (non-hydrogen) atoms. The molecule has 0 aliphatic carbocycles. The Hall–Kier alpha value is -1.79. The van der Waals surface area contributed by atoms with E-state index in [-0.39, 0.29) is 17.7 Å². The Morgan fingerprint density at radius 2 is 1.65 bits per heavy atom. The van der Waals surface area contributed by atoms with Crippen LogP contribution in [0.5, 0.6) is 0 Å². The van der Waals surface area contributed by atoms with Crippen molar-refractivity contribution in [3.05, 3.63) is 0 Å². The minimum Gasteiger partial charge on any atom is -0.480 e. The van der Waals surface area contributed by atoms with E-state index in [9.17, 15) is 19.5 Å². The number of carboxylic acids is 1. The van der Waals surface area contributed by atoms with Gasteiger partial charge in [0.25, 0.3) is 0 Å². The summed E-state index contributed by atoms with van der Waals surface area (Å²) in [5, 5.41) is 12.3. The van der Waals surface area contributed by atoms with Crippen molar-refractivity contribution in [2.75, 3.05) is 6.54 Å². The minimum atomic E-state index is -1.00. The SMILES string of the molecule is CC(C)[C@H]1CCN(C(=O)[C@@H](NC(=O)OC(C)(C)C)C(C)(C)C)[C@@H]1C(=O)O. The van der Waals surface area contributed by atoms with Crippen LogP contribution in [0, 0.1) is 17.3 Å². The van der Waals surface area contributed by atoms with Gasteiger partial charge in [0.15, 0.2) is 0 Å². The molecular formula is C19H34N2O5. The number of nitrogens with one attached hydrogen (secondary N) is 1. The molecule has 2 N–H and O–H groups in total. The Kier molecular flexibility index (Phi) is 6.71. The summed E-state index contributed by atoms with van der Waals surface area (Å²) in [5.41, 5.74) is -1.28. The van der Waals surface area contributed by atoms with Gasteiger partial charge in [0.1, 0.15) is 17.7 Å². The predicted molar refractivity (Wildman–Crippen MR) is 98.7 cm³/mol. The minimum absolute atomic E-state index is 0.0985. The second-order valence-corrected chi connectivity index (χ2v) is 9.46. The van der Waals surface area contributed by atoms with Crippen LogP contribution in [0.4, 0.5) is 4.79 Å². The summed E-state index contributed by atoms with van der Waals surface area (Å²) < 4.78 is 5.27. The highest BCUT2D eigenvalue weighted by Crippen LogP contribution is 2.33. The average Bonchev–Trinajstić information content (AvgIpc) is 2.86. The Balaban J connectivity index is 3.06. The molecule has 0 aromatic carbocycles. The summed E-state index contributed by atoms with van der Waals surface area (Å²) in [6.07, 6.45) is -0.0406. The summed E-state index contributed by atoms with van der Waals surface area (Å²) in [6.45, 7) is 15.0. The lowest BCUT2D eigenvalue weighted by atomic mass is 9.85. The van der Waals surface area contributed by atoms with Crippen LogP contribution in [-0.4, -0.2) is 52.2 Å². The third kappa shape index (κ3) is 5.61. The Morgan fingerprint density at radius 3 is 2.04 bits per heavy atom. The van der Waals surface area contributed by atoms with E-state index in [1.54, 1.807) is 20.8 Å². The molecule has 150 valence electrons. The fourth-order valence-electron chi connectivity index (χ4n) is 3.32. The van der Waals surface area contributed by atoms with Crippen LogP contribution < -0.4 is 5.32 Å². The van der Waals surface area contributed by atoms with Crippen LogP contribution in [0.3, 0.4) is 0 Å². The highest BCUT2D eigenvalue weighted by molar-refractivity contribution is 5.90. The standard InChI is InChI=1S/C19H34N2O5/c1-11(2)12-9-10-21(13(12)16(23)24)15(22)14(18(3,4)5)20-17(25)26-19(6,7)8/h11-14H,9-10H2,1-8H3,(H,20,25)(H,23,24)/t12-,13+,14-/m1/s1. The molecule has 7 nitrogen and oxygen atoms in total. The number of carboxylic acid groups (broad SMARTS) is 1. The molecule has 1 saturated heterocycles. The van der Waals surface area contributed by atoms with E-state index in [4.69, 9.17) is 4.74 Å². The zero-order valence-corrected chi connectivity index (χ0v) is 17.3. The molecule has 0 aromatic heterocycles. The molecule has 1 aliphatic heterocycles. The van der Waals surface area contributed by atoms with Crippen molar-refractivity contribution >= 4 is 18.0 Å². The lowest BCUT2D eigenvalue weighted by molar-refractivity contribution is -0.152. The summed E-state index contributed by atoms with van der Waals surface area (Å²) in [6, 6.07) is -1.74. The Labute approximate surface area is 156 Å². The van der Waals surface area contributed by atoms with Crippen LogP contribution in [0.1, 0.15) is 61.8 Å². The van der Waals surface area contributed by atoms with E-state index in [2.05, 4.69) is 5.32 Å². The van der Waals surface area contributed by atoms with Crippen LogP contribution >= 0.6 is 0 Å². The first-order valence-electron chi connectivity index (χ1n) is 9.18. The normalized spacial score (nSPS) is 22.3. The van der Waals surface area contributed by atoms with Crippen molar-refractivity contribution in [2.24, 2.45) is 17.3 Å². The summed E-state index contributed by atoms with van der Waals surface area (Å²) in [4.78, 5) is 38.6. The number of nitrogens with zero attached hydrogens (tertiary/aromatic N) is 1. The number of likely N-dealkylation sites (tertiary alicyclic amines) is 1. The highest BCUT2D eigenvalue weighted by Gasteiger charge is 2.47. The van der Waals surface area contributed by atoms with Gasteiger partial charge >= 0.3 is 12.1 Å². The van der Waals surface area contributed by atoms with E-state index in [1.165, 1.54) is 4.90 Å². The summed E-state index contributed by atoms with van der Waals surface area (Å²) >= 11 is 0. The molecule has 0 spiro atoms. The number of rotatable bonds is 4. The first-order valence-corrected chi connectivity index (χ1v) is 9.18. The number of alkyl carbamates (subject to hydrolysis) is 1. The van der Waals surface area contributed by atoms with Crippen molar-refractivity contribution in [1.29, 1.82) is 0 Å². The highest BCUT2D eigenvalue weighted by atomic mass is 16.6. The first-order chi connectivity index (χ1) is 11.6. The van der Waals surface area contributed by atoms with Crippen LogP contribution in [0.25, 0.3) is 0 Å². The lowest BCUT2D eigenvalue weighted by Crippen LogP contribution is -2.58. The van der Waals surface area contributed by atoms with Crippen LogP contribution in [0.2, 0.25) is 0 Å². The van der Waals surface area contributed by atoms with E-state index in [0.29, 0.717) is 13.0 Å². The molecule has 7 heteroatoms. The molecule has 0 aromatic rings. The van der Waals surface area contributed by atoms with Gasteiger partial charge in [-0.15, -0.1) is 0 Å². The molecular weight excluding hydrogens is 336 g/mol. The first kappa shape index (κ1) is 22.3. The van der Waals surface area contributed by atoms with E-state index < -0.39 is 35.2 Å². The van der Waals surface area contributed by atoms with Gasteiger partial charge in [-0.2, -0.15) is 0 Å². The summed E-state index contributed by atoms with van der Waals surface area (Å²) in [5.74, 6) is -1.32. The third-order valence-corrected chi connectivity index (χ3v) is 4.61. The topological polar surface area (TPSA) is 95.9 Å². The number of aliphatic carboxylic acids is 1. The lowest BCUT2D eigenvalue weighted by Gasteiger charge is -2.36. The van der Waals surface area contributed by atoms with Gasteiger partial charge in [0, 0.05) is 6.54 Å². The molecule has 2 amide bonds. The molecule has 1 rings (SSSR count). The molecule has 0 bridgehead atoms. The fraction of sp³-hybridized carbons (Fsp3) is 0.842. The monoisotopic (exact) mass is 370 g/mol. The Morgan fingerprint density at radius 1 is 1.12 bits per heavy atom. The molecule has 0 unspecified atom stereocenters. The third-order valence-electron chi connectivity index (χ3n) is 4.61. The average molecular weight is 370 g/mol. The predicted octanol–water partition coefficient (Wildman–Crippen LogP) is 2.88. The largest absolute Gasteiger partial charge is 0.480 e. The molecule has 1 fully saturated rings. The van der Waals surface area contributed by atoms with Crippen molar-refractivity contribution in [3.8, 4) is 0 Å². The number of ether oxygens (including phenoxy) is 1. The van der Waals surface area contributed by atoms with Crippen molar-refractivity contribution < 1.29 is 24.2 Å². The number of hydrogen-bond acceptors (Lipinski definition) is 4. The number of amides is 2. The fourth-order valence-corrected chi connectivity index (χ4v) is 3.32. The van der Waals surface area contributed by atoms with Crippen LogP contribution in [-0.2, 0) is 14.3 Å². The Bertz CT molecular complexity index is 545. The molecule has 3 atom stereocenters. The maximum Gasteiger partial charge on any atom is 0.408 e. The maximum atomic E-state index is 13.2. The quantitative estimate of drug-likeness (QED) is 0.793. The van der Waals surface area contributed by atoms with Gasteiger partial charge in [-0.25, -0.2) is 9.59 Å². The summed E-state index contributed by atoms with van der Waals surface area (Å²) in [7, 11) is 0. The van der Waals surface area contributed by atoms with Gasteiger partial charge in [0.05, 0.1) is 0 Å². The van der Waals surface area contributed by atoms with Gasteiger partial charge in [0.2, 0.25) is 5.91 Å². The zero-order chi connectivity index (χ0) is 20.4. The second kappa shape index (κ2) is 7.84. The van der Waals surface area contributed by atoms with E-state index in [1.807, 2.05) is 34.6 Å². The molecule has 0 radical (unpaired) electrons. The molecule has 1 aliphatic rings. The van der Waals surface area contributed by atoms with E-state index in [0.717, 1.165) is 0 Å². The van der Waals surface area contributed by atoms with Gasteiger partial charge in [-0.1, -0.05) is 34.6 Å². The number of carbonyl (C=O) groups excluding carboxylic acids is 2. The molecule has 1 heterocycles. The van der Waals surface area contributed by atoms with Crippen molar-refractivity contribution in [2.45, 2.75) is 79.5 Å². The van der Waals surface area contributed by atoms with Crippen LogP contribution in [0.15, 0.2) is 0 Å². The van der Waals surface area contributed by atoms with Gasteiger partial charge in [-0.05, 0) is 44.4 Å². The maximum absolute atomic E-state index is 13.2.